The molecule has 0 fully saturated rings. The molecule has 0 saturated heterocycles. The molecule has 0 aliphatic carbocycles. The van der Waals surface area contributed by atoms with E-state index in [4.69, 9.17) is 4.74 Å². The van der Waals surface area contributed by atoms with E-state index in [2.05, 4.69) is 30.5 Å². The van der Waals surface area contributed by atoms with Crippen LogP contribution in [0, 0.1) is 5.82 Å². The van der Waals surface area contributed by atoms with Crippen LogP contribution >= 0.6 is 0 Å². The zero-order valence-electron chi connectivity index (χ0n) is 16.5. The SMILES string of the molecule is CC(C)Oc1cc2c(cc1Nc1ncnc3n[nH]c(-c4ccc(F)cc4)c13)C=NC2. The van der Waals surface area contributed by atoms with E-state index in [-0.39, 0.29) is 11.9 Å². The van der Waals surface area contributed by atoms with Gasteiger partial charge >= 0.3 is 0 Å². The third-order valence-corrected chi connectivity index (χ3v) is 4.83. The average molecular weight is 402 g/mol. The normalized spacial score (nSPS) is 12.5. The molecule has 0 unspecified atom stereocenters. The summed E-state index contributed by atoms with van der Waals surface area (Å²) in [5.41, 5.74) is 4.96. The first-order chi connectivity index (χ1) is 14.6. The number of nitrogens with zero attached hydrogens (tertiary/aromatic N) is 4. The zero-order chi connectivity index (χ0) is 20.7. The number of H-pyrrole nitrogens is 1. The summed E-state index contributed by atoms with van der Waals surface area (Å²) in [5, 5.41) is 11.4. The molecule has 2 aromatic heterocycles. The second-order valence-electron chi connectivity index (χ2n) is 7.33. The molecule has 1 aliphatic rings. The van der Waals surface area contributed by atoms with Gasteiger partial charge in [0.1, 0.15) is 23.7 Å². The third-order valence-electron chi connectivity index (χ3n) is 4.83. The molecule has 2 aromatic carbocycles. The van der Waals surface area contributed by atoms with Crippen molar-refractivity contribution in [1.82, 2.24) is 20.2 Å². The van der Waals surface area contributed by atoms with E-state index in [1.165, 1.54) is 18.5 Å². The highest BCUT2D eigenvalue weighted by atomic mass is 19.1. The summed E-state index contributed by atoms with van der Waals surface area (Å²) in [4.78, 5) is 13.0. The predicted octanol–water partition coefficient (Wildman–Crippen LogP) is 4.62. The van der Waals surface area contributed by atoms with E-state index in [0.717, 1.165) is 28.1 Å². The minimum Gasteiger partial charge on any atom is -0.489 e. The van der Waals surface area contributed by atoms with Gasteiger partial charge in [0.15, 0.2) is 5.65 Å². The van der Waals surface area contributed by atoms with Gasteiger partial charge in [0, 0.05) is 11.8 Å². The fourth-order valence-corrected chi connectivity index (χ4v) is 3.49. The van der Waals surface area contributed by atoms with Gasteiger partial charge in [-0.1, -0.05) is 0 Å². The van der Waals surface area contributed by atoms with Gasteiger partial charge < -0.3 is 10.1 Å². The highest BCUT2D eigenvalue weighted by molar-refractivity contribution is 6.00. The minimum atomic E-state index is -0.299. The highest BCUT2D eigenvalue weighted by Crippen LogP contribution is 2.36. The van der Waals surface area contributed by atoms with Crippen LogP contribution in [0.5, 0.6) is 5.75 Å². The van der Waals surface area contributed by atoms with Crippen molar-refractivity contribution in [3.8, 4) is 17.0 Å². The van der Waals surface area contributed by atoms with Crippen LogP contribution in [0.4, 0.5) is 15.9 Å². The fourth-order valence-electron chi connectivity index (χ4n) is 3.49. The Morgan fingerprint density at radius 3 is 2.77 bits per heavy atom. The van der Waals surface area contributed by atoms with E-state index in [1.54, 1.807) is 12.1 Å². The Morgan fingerprint density at radius 1 is 1.13 bits per heavy atom. The molecular weight excluding hydrogens is 383 g/mol. The van der Waals surface area contributed by atoms with Crippen molar-refractivity contribution in [2.75, 3.05) is 5.32 Å². The van der Waals surface area contributed by atoms with E-state index in [1.807, 2.05) is 32.2 Å². The van der Waals surface area contributed by atoms with Gasteiger partial charge in [-0.05, 0) is 61.4 Å². The Kier molecular flexibility index (Phi) is 4.39. The maximum absolute atomic E-state index is 13.4. The number of aromatic amines is 1. The lowest BCUT2D eigenvalue weighted by molar-refractivity contribution is 0.243. The van der Waals surface area contributed by atoms with Crippen LogP contribution in [-0.2, 0) is 6.54 Å². The van der Waals surface area contributed by atoms with Gasteiger partial charge in [-0.25, -0.2) is 14.4 Å². The quantitative estimate of drug-likeness (QED) is 0.508. The third kappa shape index (κ3) is 3.26. The van der Waals surface area contributed by atoms with Gasteiger partial charge in [-0.2, -0.15) is 5.10 Å². The first kappa shape index (κ1) is 18.2. The Balaban J connectivity index is 1.62. The number of ether oxygens (including phenoxy) is 1. The molecule has 7 nitrogen and oxygen atoms in total. The molecule has 0 bridgehead atoms. The molecule has 150 valence electrons. The van der Waals surface area contributed by atoms with Crippen LogP contribution in [0.15, 0.2) is 47.7 Å². The van der Waals surface area contributed by atoms with Crippen LogP contribution in [0.3, 0.4) is 0 Å². The number of aliphatic imine (C=N–C) groups is 1. The number of nitrogens with one attached hydrogen (secondary N) is 2. The second kappa shape index (κ2) is 7.22. The lowest BCUT2D eigenvalue weighted by Crippen LogP contribution is -2.09. The summed E-state index contributed by atoms with van der Waals surface area (Å²) in [5.74, 6) is 1.01. The van der Waals surface area contributed by atoms with Crippen molar-refractivity contribution in [3.63, 3.8) is 0 Å². The Bertz CT molecular complexity index is 1260. The standard InChI is InChI=1S/C22H19FN6O/c1-12(2)30-18-8-15-10-24-9-14(15)7-17(18)27-21-19-20(13-3-5-16(23)6-4-13)28-29-22(19)26-11-25-21/h3-9,11-12H,10H2,1-2H3,(H2,25,26,27,28,29). The van der Waals surface area contributed by atoms with Gasteiger partial charge in [0.25, 0.3) is 0 Å². The number of hydrogen-bond donors (Lipinski definition) is 2. The van der Waals surface area contributed by atoms with Crippen molar-refractivity contribution in [1.29, 1.82) is 0 Å². The van der Waals surface area contributed by atoms with Crippen molar-refractivity contribution >= 4 is 28.8 Å². The molecule has 0 radical (unpaired) electrons. The largest absolute Gasteiger partial charge is 0.489 e. The Labute approximate surface area is 172 Å². The number of aromatic nitrogens is 4. The monoisotopic (exact) mass is 402 g/mol. The Morgan fingerprint density at radius 2 is 1.97 bits per heavy atom. The number of benzene rings is 2. The molecule has 4 aromatic rings. The number of halogens is 1. The maximum atomic E-state index is 13.4. The van der Waals surface area contributed by atoms with Crippen molar-refractivity contribution in [2.45, 2.75) is 26.5 Å². The molecular formula is C22H19FN6O. The minimum absolute atomic E-state index is 0.0139. The number of anilines is 2. The van der Waals surface area contributed by atoms with E-state index >= 15 is 0 Å². The number of fused-ring (bicyclic) bond motifs is 2. The van der Waals surface area contributed by atoms with Crippen LogP contribution in [0.2, 0.25) is 0 Å². The van der Waals surface area contributed by atoms with Crippen molar-refractivity contribution in [2.24, 2.45) is 4.99 Å². The molecule has 0 atom stereocenters. The van der Waals surface area contributed by atoms with Gasteiger partial charge in [0.05, 0.1) is 29.4 Å². The lowest BCUT2D eigenvalue weighted by atomic mass is 10.1. The first-order valence-electron chi connectivity index (χ1n) is 9.64. The molecule has 0 saturated carbocycles. The predicted molar refractivity (Wildman–Crippen MR) is 114 cm³/mol. The fraction of sp³-hybridized carbons (Fsp3) is 0.182. The maximum Gasteiger partial charge on any atom is 0.186 e. The smallest absolute Gasteiger partial charge is 0.186 e. The summed E-state index contributed by atoms with van der Waals surface area (Å²) in [6.07, 6.45) is 3.33. The highest BCUT2D eigenvalue weighted by Gasteiger charge is 2.18. The second-order valence-corrected chi connectivity index (χ2v) is 7.33. The van der Waals surface area contributed by atoms with Gasteiger partial charge in [-0.3, -0.25) is 10.1 Å². The first-order valence-corrected chi connectivity index (χ1v) is 9.64. The van der Waals surface area contributed by atoms with E-state index in [9.17, 15) is 4.39 Å². The van der Waals surface area contributed by atoms with E-state index < -0.39 is 0 Å². The molecule has 2 N–H and O–H groups in total. The summed E-state index contributed by atoms with van der Waals surface area (Å²) in [6, 6.07) is 10.2. The van der Waals surface area contributed by atoms with Crippen LogP contribution in [0.1, 0.15) is 25.0 Å². The molecule has 0 spiro atoms. The Hall–Kier alpha value is -3.81. The van der Waals surface area contributed by atoms with Crippen molar-refractivity contribution in [3.05, 3.63) is 59.7 Å². The molecule has 5 rings (SSSR count). The van der Waals surface area contributed by atoms with Crippen molar-refractivity contribution < 1.29 is 9.13 Å². The molecule has 8 heteroatoms. The average Bonchev–Trinajstić information content (AvgIpc) is 3.35. The molecule has 30 heavy (non-hydrogen) atoms. The molecule has 1 aliphatic heterocycles. The van der Waals surface area contributed by atoms with E-state index in [0.29, 0.717) is 29.1 Å². The topological polar surface area (TPSA) is 88.1 Å². The molecule has 0 amide bonds. The zero-order valence-corrected chi connectivity index (χ0v) is 16.5. The summed E-state index contributed by atoms with van der Waals surface area (Å²) < 4.78 is 19.4. The summed E-state index contributed by atoms with van der Waals surface area (Å²) in [6.45, 7) is 4.62. The van der Waals surface area contributed by atoms with Crippen LogP contribution in [-0.4, -0.2) is 32.5 Å². The summed E-state index contributed by atoms with van der Waals surface area (Å²) in [7, 11) is 0. The summed E-state index contributed by atoms with van der Waals surface area (Å²) >= 11 is 0. The van der Waals surface area contributed by atoms with Crippen LogP contribution in [0.25, 0.3) is 22.3 Å². The van der Waals surface area contributed by atoms with Crippen LogP contribution < -0.4 is 10.1 Å². The number of hydrogen-bond acceptors (Lipinski definition) is 6. The molecule has 3 heterocycles. The number of rotatable bonds is 5. The van der Waals surface area contributed by atoms with Gasteiger partial charge in [0.2, 0.25) is 0 Å². The lowest BCUT2D eigenvalue weighted by Gasteiger charge is -2.17. The van der Waals surface area contributed by atoms with Gasteiger partial charge in [-0.15, -0.1) is 0 Å².